The number of benzene rings is 2. The molecule has 2 heterocycles. The first kappa shape index (κ1) is 18.1. The van der Waals surface area contributed by atoms with Gasteiger partial charge in [0.05, 0.1) is 24.4 Å². The number of fused-ring (bicyclic) bond motifs is 2. The Kier molecular flexibility index (Phi) is 4.75. The molecular formula is C21H18N2O4S. The van der Waals surface area contributed by atoms with Gasteiger partial charge in [0.1, 0.15) is 5.58 Å². The van der Waals surface area contributed by atoms with Crippen molar-refractivity contribution in [1.29, 1.82) is 0 Å². The molecular weight excluding hydrogens is 376 g/mol. The van der Waals surface area contributed by atoms with Gasteiger partial charge in [0.2, 0.25) is 0 Å². The molecule has 1 amide bonds. The number of ether oxygens (including phenoxy) is 2. The Hall–Kier alpha value is -3.32. The van der Waals surface area contributed by atoms with Crippen LogP contribution in [0.15, 0.2) is 64.5 Å². The first-order valence-electron chi connectivity index (χ1n) is 8.58. The van der Waals surface area contributed by atoms with Crippen molar-refractivity contribution in [1.82, 2.24) is 4.57 Å². The fraction of sp³-hybridized carbons (Fsp3) is 0.143. The van der Waals surface area contributed by atoms with Crippen molar-refractivity contribution in [3.8, 4) is 11.5 Å². The molecule has 0 atom stereocenters. The van der Waals surface area contributed by atoms with Crippen LogP contribution in [0.3, 0.4) is 0 Å². The van der Waals surface area contributed by atoms with E-state index in [0.717, 1.165) is 15.6 Å². The molecule has 0 aliphatic heterocycles. The third-order valence-corrected chi connectivity index (χ3v) is 5.37. The number of amides is 1. The Labute approximate surface area is 165 Å². The van der Waals surface area contributed by atoms with E-state index in [-0.39, 0.29) is 5.76 Å². The number of nitrogens with zero attached hydrogens (tertiary/aromatic N) is 2. The van der Waals surface area contributed by atoms with Gasteiger partial charge in [-0.3, -0.25) is 4.79 Å². The van der Waals surface area contributed by atoms with Crippen LogP contribution in [0.25, 0.3) is 21.2 Å². The largest absolute Gasteiger partial charge is 0.493 e. The number of furan rings is 1. The number of rotatable bonds is 5. The molecule has 0 saturated heterocycles. The zero-order valence-electron chi connectivity index (χ0n) is 15.5. The zero-order valence-corrected chi connectivity index (χ0v) is 16.3. The van der Waals surface area contributed by atoms with Crippen molar-refractivity contribution < 1.29 is 18.7 Å². The number of thiazole rings is 1. The van der Waals surface area contributed by atoms with Gasteiger partial charge >= 0.3 is 5.91 Å². The van der Waals surface area contributed by atoms with E-state index in [2.05, 4.69) is 11.6 Å². The molecule has 0 unspecified atom stereocenters. The average Bonchev–Trinajstić information content (AvgIpc) is 3.28. The second-order valence-electron chi connectivity index (χ2n) is 6.02. The highest BCUT2D eigenvalue weighted by Crippen LogP contribution is 2.33. The monoisotopic (exact) mass is 394 g/mol. The van der Waals surface area contributed by atoms with Crippen LogP contribution in [-0.4, -0.2) is 24.7 Å². The number of carbonyl (C=O) groups is 1. The minimum atomic E-state index is -0.431. The molecule has 0 fully saturated rings. The number of methoxy groups -OCH3 is 2. The van der Waals surface area contributed by atoms with Gasteiger partial charge in [-0.05, 0) is 12.1 Å². The molecule has 2 aromatic carbocycles. The average molecular weight is 394 g/mol. The van der Waals surface area contributed by atoms with Gasteiger partial charge in [0.15, 0.2) is 22.1 Å². The summed E-state index contributed by atoms with van der Waals surface area (Å²) in [7, 11) is 3.18. The lowest BCUT2D eigenvalue weighted by atomic mass is 10.2. The smallest absolute Gasteiger partial charge is 0.315 e. The van der Waals surface area contributed by atoms with Crippen LogP contribution in [0.5, 0.6) is 11.5 Å². The van der Waals surface area contributed by atoms with Crippen molar-refractivity contribution in [2.45, 2.75) is 6.54 Å². The zero-order chi connectivity index (χ0) is 19.7. The standard InChI is InChI=1S/C21H18N2O4S/c1-4-9-23-14-11-16(25-2)17(26-3)12-19(14)28-21(23)22-20(24)18-10-13-7-5-6-8-15(13)27-18/h4-8,10-12H,1,9H2,2-3H3. The summed E-state index contributed by atoms with van der Waals surface area (Å²) in [4.78, 5) is 17.6. The highest BCUT2D eigenvalue weighted by molar-refractivity contribution is 7.16. The maximum absolute atomic E-state index is 12.7. The maximum atomic E-state index is 12.7. The summed E-state index contributed by atoms with van der Waals surface area (Å²) in [6.45, 7) is 4.31. The summed E-state index contributed by atoms with van der Waals surface area (Å²) >= 11 is 1.39. The quantitative estimate of drug-likeness (QED) is 0.471. The minimum absolute atomic E-state index is 0.207. The van der Waals surface area contributed by atoms with Gasteiger partial charge in [-0.25, -0.2) is 0 Å². The Morgan fingerprint density at radius 3 is 2.68 bits per heavy atom. The van der Waals surface area contributed by atoms with Crippen LogP contribution < -0.4 is 14.3 Å². The Balaban J connectivity index is 1.87. The number of allylic oxidation sites excluding steroid dienone is 1. The Bertz CT molecular complexity index is 1230. The van der Waals surface area contributed by atoms with Crippen LogP contribution in [0.4, 0.5) is 0 Å². The molecule has 2 aromatic heterocycles. The molecule has 0 aliphatic rings. The van der Waals surface area contributed by atoms with E-state index in [4.69, 9.17) is 13.9 Å². The predicted molar refractivity (Wildman–Crippen MR) is 109 cm³/mol. The van der Waals surface area contributed by atoms with E-state index in [0.29, 0.717) is 28.4 Å². The van der Waals surface area contributed by atoms with Gasteiger partial charge in [-0.2, -0.15) is 4.99 Å². The number of hydrogen-bond donors (Lipinski definition) is 0. The fourth-order valence-electron chi connectivity index (χ4n) is 3.02. The Morgan fingerprint density at radius 2 is 1.96 bits per heavy atom. The van der Waals surface area contributed by atoms with Gasteiger partial charge in [-0.15, -0.1) is 6.58 Å². The molecule has 28 heavy (non-hydrogen) atoms. The summed E-state index contributed by atoms with van der Waals surface area (Å²) in [5.41, 5.74) is 1.55. The lowest BCUT2D eigenvalue weighted by molar-refractivity contribution is 0.0973. The van der Waals surface area contributed by atoms with E-state index in [1.807, 2.05) is 41.0 Å². The SMILES string of the molecule is C=CCn1c(=NC(=O)c2cc3ccccc3o2)sc2cc(OC)c(OC)cc21. The third-order valence-electron chi connectivity index (χ3n) is 4.33. The minimum Gasteiger partial charge on any atom is -0.493 e. The second kappa shape index (κ2) is 7.36. The summed E-state index contributed by atoms with van der Waals surface area (Å²) < 4.78 is 19.3. The van der Waals surface area contributed by atoms with Crippen LogP contribution in [0.2, 0.25) is 0 Å². The van der Waals surface area contributed by atoms with Gasteiger partial charge in [-0.1, -0.05) is 35.6 Å². The van der Waals surface area contributed by atoms with Crippen LogP contribution >= 0.6 is 11.3 Å². The second-order valence-corrected chi connectivity index (χ2v) is 7.03. The third kappa shape index (κ3) is 3.10. The highest BCUT2D eigenvalue weighted by Gasteiger charge is 2.15. The number of para-hydroxylation sites is 1. The molecule has 0 radical (unpaired) electrons. The molecule has 4 rings (SSSR count). The summed E-state index contributed by atoms with van der Waals surface area (Å²) in [6.07, 6.45) is 1.76. The van der Waals surface area contributed by atoms with Crippen LogP contribution in [0, 0.1) is 0 Å². The molecule has 0 spiro atoms. The number of aromatic nitrogens is 1. The van der Waals surface area contributed by atoms with Crippen molar-refractivity contribution in [3.63, 3.8) is 0 Å². The topological polar surface area (TPSA) is 66.0 Å². The van der Waals surface area contributed by atoms with E-state index in [9.17, 15) is 4.79 Å². The van der Waals surface area contributed by atoms with Crippen molar-refractivity contribution in [2.24, 2.45) is 4.99 Å². The van der Waals surface area contributed by atoms with Gasteiger partial charge in [0, 0.05) is 24.1 Å². The summed E-state index contributed by atoms with van der Waals surface area (Å²) in [5, 5.41) is 0.867. The van der Waals surface area contributed by atoms with E-state index in [1.54, 1.807) is 26.4 Å². The summed E-state index contributed by atoms with van der Waals surface area (Å²) in [5.74, 6) is 1.01. The molecule has 0 aliphatic carbocycles. The fourth-order valence-corrected chi connectivity index (χ4v) is 4.06. The van der Waals surface area contributed by atoms with Crippen molar-refractivity contribution >= 4 is 38.4 Å². The predicted octanol–water partition coefficient (Wildman–Crippen LogP) is 4.39. The lowest BCUT2D eigenvalue weighted by Crippen LogP contribution is -2.16. The van der Waals surface area contributed by atoms with E-state index < -0.39 is 5.91 Å². The molecule has 0 bridgehead atoms. The molecule has 0 N–H and O–H groups in total. The van der Waals surface area contributed by atoms with E-state index in [1.165, 1.54) is 11.3 Å². The Morgan fingerprint density at radius 1 is 1.21 bits per heavy atom. The van der Waals surface area contributed by atoms with E-state index >= 15 is 0 Å². The summed E-state index contributed by atoms with van der Waals surface area (Å²) in [6, 6.07) is 12.9. The van der Waals surface area contributed by atoms with Crippen molar-refractivity contribution in [2.75, 3.05) is 14.2 Å². The van der Waals surface area contributed by atoms with Gasteiger partial charge < -0.3 is 18.5 Å². The lowest BCUT2D eigenvalue weighted by Gasteiger charge is -2.08. The number of carbonyl (C=O) groups excluding carboxylic acids is 1. The molecule has 6 nitrogen and oxygen atoms in total. The number of hydrogen-bond acceptors (Lipinski definition) is 5. The maximum Gasteiger partial charge on any atom is 0.315 e. The molecule has 4 aromatic rings. The first-order chi connectivity index (χ1) is 13.6. The molecule has 7 heteroatoms. The van der Waals surface area contributed by atoms with Crippen LogP contribution in [0.1, 0.15) is 10.6 Å². The highest BCUT2D eigenvalue weighted by atomic mass is 32.1. The van der Waals surface area contributed by atoms with Crippen LogP contribution in [-0.2, 0) is 6.54 Å². The normalized spacial score (nSPS) is 11.9. The molecule has 0 saturated carbocycles. The van der Waals surface area contributed by atoms with Crippen molar-refractivity contribution in [3.05, 3.63) is 65.7 Å². The van der Waals surface area contributed by atoms with Gasteiger partial charge in [0.25, 0.3) is 0 Å². The molecule has 142 valence electrons. The first-order valence-corrected chi connectivity index (χ1v) is 9.40.